The van der Waals surface area contributed by atoms with E-state index in [-0.39, 0.29) is 16.5 Å². The molecule has 1 atom stereocenters. The summed E-state index contributed by atoms with van der Waals surface area (Å²) >= 11 is 5.66. The van der Waals surface area contributed by atoms with Gasteiger partial charge in [-0.05, 0) is 24.6 Å². The van der Waals surface area contributed by atoms with Crippen molar-refractivity contribution < 1.29 is 17.9 Å². The predicted molar refractivity (Wildman–Crippen MR) is 62.9 cm³/mol. The van der Waals surface area contributed by atoms with E-state index in [1.165, 1.54) is 0 Å². The summed E-state index contributed by atoms with van der Waals surface area (Å²) in [6.07, 6.45) is 0.439. The van der Waals surface area contributed by atoms with Crippen LogP contribution < -0.4 is 4.72 Å². The minimum absolute atomic E-state index is 0.190. The van der Waals surface area contributed by atoms with Gasteiger partial charge < -0.3 is 5.11 Å². The van der Waals surface area contributed by atoms with Crippen LogP contribution in [0.2, 0.25) is 5.02 Å². The maximum absolute atomic E-state index is 12.8. The fourth-order valence-electron chi connectivity index (χ4n) is 1.23. The van der Waals surface area contributed by atoms with E-state index in [0.717, 1.165) is 18.2 Å². The van der Waals surface area contributed by atoms with E-state index >= 15 is 0 Å². The number of benzene rings is 1. The van der Waals surface area contributed by atoms with Gasteiger partial charge in [0.25, 0.3) is 0 Å². The molecule has 96 valence electrons. The Balaban J connectivity index is 3.05. The van der Waals surface area contributed by atoms with Crippen LogP contribution in [0.15, 0.2) is 23.1 Å². The lowest BCUT2D eigenvalue weighted by Crippen LogP contribution is -2.37. The topological polar surface area (TPSA) is 66.4 Å². The second kappa shape index (κ2) is 5.77. The van der Waals surface area contributed by atoms with Crippen LogP contribution in [0.1, 0.15) is 13.3 Å². The number of hydrogen-bond donors (Lipinski definition) is 2. The molecule has 1 aromatic carbocycles. The molecule has 0 saturated heterocycles. The van der Waals surface area contributed by atoms with E-state index in [0.29, 0.717) is 6.42 Å². The van der Waals surface area contributed by atoms with Crippen LogP contribution in [0.3, 0.4) is 0 Å². The monoisotopic (exact) mass is 281 g/mol. The van der Waals surface area contributed by atoms with Crippen LogP contribution in [0.25, 0.3) is 0 Å². The molecule has 1 unspecified atom stereocenters. The third-order valence-corrected chi connectivity index (χ3v) is 4.22. The van der Waals surface area contributed by atoms with Gasteiger partial charge in [0, 0.05) is 6.04 Å². The van der Waals surface area contributed by atoms with Crippen LogP contribution in [-0.4, -0.2) is 26.2 Å². The molecule has 7 heteroatoms. The molecule has 0 fully saturated rings. The van der Waals surface area contributed by atoms with Crippen molar-refractivity contribution >= 4 is 21.6 Å². The van der Waals surface area contributed by atoms with Crippen LogP contribution >= 0.6 is 11.6 Å². The van der Waals surface area contributed by atoms with Crippen molar-refractivity contribution in [1.82, 2.24) is 4.72 Å². The zero-order chi connectivity index (χ0) is 13.1. The Kier molecular flexibility index (Phi) is 4.88. The SMILES string of the molecule is CCC(CO)NS(=O)(=O)c1ccc(F)cc1Cl. The maximum Gasteiger partial charge on any atom is 0.242 e. The number of aliphatic hydroxyl groups excluding tert-OH is 1. The molecule has 0 heterocycles. The summed E-state index contributed by atoms with van der Waals surface area (Å²) < 4.78 is 38.8. The smallest absolute Gasteiger partial charge is 0.242 e. The lowest BCUT2D eigenvalue weighted by Gasteiger charge is -2.15. The summed E-state index contributed by atoms with van der Waals surface area (Å²) in [5.74, 6) is -0.608. The highest BCUT2D eigenvalue weighted by Gasteiger charge is 2.21. The average molecular weight is 282 g/mol. The number of rotatable bonds is 5. The molecule has 1 rings (SSSR count). The minimum Gasteiger partial charge on any atom is -0.395 e. The fourth-order valence-corrected chi connectivity index (χ4v) is 3.07. The fraction of sp³-hybridized carbons (Fsp3) is 0.400. The zero-order valence-electron chi connectivity index (χ0n) is 9.15. The Labute approximate surface area is 104 Å². The van der Waals surface area contributed by atoms with Crippen LogP contribution in [-0.2, 0) is 10.0 Å². The van der Waals surface area contributed by atoms with Crippen LogP contribution in [0.4, 0.5) is 4.39 Å². The zero-order valence-corrected chi connectivity index (χ0v) is 10.7. The van der Waals surface area contributed by atoms with E-state index in [1.807, 2.05) is 0 Å². The maximum atomic E-state index is 12.8. The van der Waals surface area contributed by atoms with E-state index in [4.69, 9.17) is 16.7 Å². The number of hydrogen-bond acceptors (Lipinski definition) is 3. The largest absolute Gasteiger partial charge is 0.395 e. The Morgan fingerprint density at radius 3 is 2.65 bits per heavy atom. The van der Waals surface area contributed by atoms with Crippen molar-refractivity contribution in [2.24, 2.45) is 0 Å². The highest BCUT2D eigenvalue weighted by atomic mass is 35.5. The standard InChI is InChI=1S/C10H13ClFNO3S/c1-2-8(6-14)13-17(15,16)10-4-3-7(12)5-9(10)11/h3-5,8,13-14H,2,6H2,1H3. The quantitative estimate of drug-likeness (QED) is 0.860. The van der Waals surface area contributed by atoms with Gasteiger partial charge in [0.15, 0.2) is 0 Å². The molecular weight excluding hydrogens is 269 g/mol. The molecule has 1 aromatic rings. The van der Waals surface area contributed by atoms with Crippen molar-refractivity contribution in [2.75, 3.05) is 6.61 Å². The van der Waals surface area contributed by atoms with Crippen molar-refractivity contribution in [2.45, 2.75) is 24.3 Å². The summed E-state index contributed by atoms with van der Waals surface area (Å²) in [6, 6.07) is 2.45. The molecule has 0 bridgehead atoms. The Hall–Kier alpha value is -0.690. The third-order valence-electron chi connectivity index (χ3n) is 2.22. The highest BCUT2D eigenvalue weighted by Crippen LogP contribution is 2.22. The molecule has 0 spiro atoms. The molecule has 0 aliphatic heterocycles. The van der Waals surface area contributed by atoms with Crippen molar-refractivity contribution in [1.29, 1.82) is 0 Å². The molecule has 0 saturated carbocycles. The minimum atomic E-state index is -3.84. The van der Waals surface area contributed by atoms with Crippen molar-refractivity contribution in [3.8, 4) is 0 Å². The number of aliphatic hydroxyl groups is 1. The second-order valence-electron chi connectivity index (χ2n) is 3.48. The summed E-state index contributed by atoms with van der Waals surface area (Å²) in [4.78, 5) is -0.201. The first-order valence-electron chi connectivity index (χ1n) is 4.99. The Morgan fingerprint density at radius 2 is 2.18 bits per heavy atom. The van der Waals surface area contributed by atoms with E-state index in [9.17, 15) is 12.8 Å². The Bertz CT molecular complexity index is 488. The first kappa shape index (κ1) is 14.4. The summed E-state index contributed by atoms with van der Waals surface area (Å²) in [5.41, 5.74) is 0. The van der Waals surface area contributed by atoms with E-state index in [1.54, 1.807) is 6.92 Å². The average Bonchev–Trinajstić information content (AvgIpc) is 2.25. The van der Waals surface area contributed by atoms with Gasteiger partial charge >= 0.3 is 0 Å². The van der Waals surface area contributed by atoms with Gasteiger partial charge in [0.1, 0.15) is 10.7 Å². The van der Waals surface area contributed by atoms with Crippen LogP contribution in [0.5, 0.6) is 0 Å². The number of halogens is 2. The molecule has 0 aliphatic carbocycles. The Morgan fingerprint density at radius 1 is 1.53 bits per heavy atom. The first-order chi connectivity index (χ1) is 7.90. The highest BCUT2D eigenvalue weighted by molar-refractivity contribution is 7.89. The van der Waals surface area contributed by atoms with Crippen molar-refractivity contribution in [3.05, 3.63) is 29.0 Å². The van der Waals surface area contributed by atoms with Gasteiger partial charge in [-0.15, -0.1) is 0 Å². The molecular formula is C10H13ClFNO3S. The third kappa shape index (κ3) is 3.64. The molecule has 0 aromatic heterocycles. The second-order valence-corrected chi connectivity index (χ2v) is 5.57. The van der Waals surface area contributed by atoms with E-state index < -0.39 is 21.9 Å². The first-order valence-corrected chi connectivity index (χ1v) is 6.85. The molecule has 4 nitrogen and oxygen atoms in total. The molecule has 2 N–H and O–H groups in total. The van der Waals surface area contributed by atoms with Crippen molar-refractivity contribution in [3.63, 3.8) is 0 Å². The molecule has 0 aliphatic rings. The molecule has 0 radical (unpaired) electrons. The van der Waals surface area contributed by atoms with Gasteiger partial charge in [-0.25, -0.2) is 17.5 Å². The van der Waals surface area contributed by atoms with E-state index in [2.05, 4.69) is 4.72 Å². The predicted octanol–water partition coefficient (Wildman–Crippen LogP) is 1.53. The normalized spacial score (nSPS) is 13.6. The molecule has 17 heavy (non-hydrogen) atoms. The van der Waals surface area contributed by atoms with Gasteiger partial charge in [-0.3, -0.25) is 0 Å². The van der Waals surface area contributed by atoms with Gasteiger partial charge in [-0.1, -0.05) is 18.5 Å². The van der Waals surface area contributed by atoms with Gasteiger partial charge in [0.05, 0.1) is 11.6 Å². The lowest BCUT2D eigenvalue weighted by atomic mass is 10.3. The van der Waals surface area contributed by atoms with Gasteiger partial charge in [0.2, 0.25) is 10.0 Å². The number of sulfonamides is 1. The lowest BCUT2D eigenvalue weighted by molar-refractivity contribution is 0.254. The van der Waals surface area contributed by atoms with Gasteiger partial charge in [-0.2, -0.15) is 0 Å². The summed E-state index contributed by atoms with van der Waals surface area (Å²) in [7, 11) is -3.84. The summed E-state index contributed by atoms with van der Waals surface area (Å²) in [5, 5.41) is 8.74. The number of nitrogens with one attached hydrogen (secondary N) is 1. The van der Waals surface area contributed by atoms with Crippen LogP contribution in [0, 0.1) is 5.82 Å². The molecule has 0 amide bonds. The summed E-state index contributed by atoms with van der Waals surface area (Å²) in [6.45, 7) is 1.42.